The largest absolute Gasteiger partial charge is 0.317 e. The van der Waals surface area contributed by atoms with Gasteiger partial charge in [-0.25, -0.2) is 0 Å². The highest BCUT2D eigenvalue weighted by Gasteiger charge is 2.23. The molecule has 0 amide bonds. The zero-order valence-electron chi connectivity index (χ0n) is 8.76. The van der Waals surface area contributed by atoms with E-state index in [2.05, 4.69) is 17.3 Å². The summed E-state index contributed by atoms with van der Waals surface area (Å²) in [5.74, 6) is 1.05. The Bertz CT molecular complexity index is 146. The average Bonchev–Trinajstić information content (AvgIpc) is 2.12. The van der Waals surface area contributed by atoms with Gasteiger partial charge in [0.15, 0.2) is 0 Å². The number of nitrogens with zero attached hydrogens (tertiary/aromatic N) is 1. The Balaban J connectivity index is 1.65. The van der Waals surface area contributed by atoms with Gasteiger partial charge in [0.2, 0.25) is 0 Å². The summed E-state index contributed by atoms with van der Waals surface area (Å²) in [6, 6.07) is 0.789. The molecule has 76 valence electrons. The summed E-state index contributed by atoms with van der Waals surface area (Å²) in [5, 5.41) is 3.38. The van der Waals surface area contributed by atoms with Crippen LogP contribution in [0.25, 0.3) is 0 Å². The van der Waals surface area contributed by atoms with Crippen molar-refractivity contribution in [3.05, 3.63) is 0 Å². The van der Waals surface area contributed by atoms with Crippen LogP contribution in [-0.2, 0) is 0 Å². The Hall–Kier alpha value is -0.0800. The summed E-state index contributed by atoms with van der Waals surface area (Å²) >= 11 is 0. The first-order valence-corrected chi connectivity index (χ1v) is 5.78. The van der Waals surface area contributed by atoms with Crippen LogP contribution in [0.5, 0.6) is 0 Å². The summed E-state index contributed by atoms with van der Waals surface area (Å²) in [6.07, 6.45) is 7.17. The van der Waals surface area contributed by atoms with Crippen LogP contribution < -0.4 is 5.32 Å². The maximum Gasteiger partial charge on any atom is 0.00884 e. The van der Waals surface area contributed by atoms with Crippen LogP contribution >= 0.6 is 0 Å². The first kappa shape index (κ1) is 9.47. The molecule has 13 heavy (non-hydrogen) atoms. The van der Waals surface area contributed by atoms with Gasteiger partial charge in [0.05, 0.1) is 0 Å². The predicted octanol–water partition coefficient (Wildman–Crippen LogP) is 1.47. The fourth-order valence-corrected chi connectivity index (χ4v) is 2.44. The summed E-state index contributed by atoms with van der Waals surface area (Å²) < 4.78 is 0. The van der Waals surface area contributed by atoms with Gasteiger partial charge in [0, 0.05) is 12.6 Å². The first-order valence-electron chi connectivity index (χ1n) is 5.78. The Kier molecular flexibility index (Phi) is 3.23. The van der Waals surface area contributed by atoms with Gasteiger partial charge >= 0.3 is 0 Å². The zero-order valence-corrected chi connectivity index (χ0v) is 8.76. The molecule has 0 spiro atoms. The average molecular weight is 182 g/mol. The van der Waals surface area contributed by atoms with Crippen molar-refractivity contribution in [2.45, 2.75) is 38.1 Å². The molecule has 0 aromatic heterocycles. The van der Waals surface area contributed by atoms with E-state index in [1.165, 1.54) is 51.7 Å². The van der Waals surface area contributed by atoms with Crippen LogP contribution in [0.15, 0.2) is 0 Å². The van der Waals surface area contributed by atoms with Crippen molar-refractivity contribution in [2.24, 2.45) is 5.92 Å². The van der Waals surface area contributed by atoms with E-state index in [0.29, 0.717) is 0 Å². The van der Waals surface area contributed by atoms with E-state index in [4.69, 9.17) is 0 Å². The van der Waals surface area contributed by atoms with Gasteiger partial charge < -0.3 is 10.2 Å². The van der Waals surface area contributed by atoms with Crippen LogP contribution in [0, 0.1) is 5.92 Å². The number of likely N-dealkylation sites (tertiary alicyclic amines) is 1. The van der Waals surface area contributed by atoms with E-state index in [9.17, 15) is 0 Å². The fourth-order valence-electron chi connectivity index (χ4n) is 2.44. The quantitative estimate of drug-likeness (QED) is 0.711. The van der Waals surface area contributed by atoms with Crippen LogP contribution in [0.2, 0.25) is 0 Å². The molecule has 2 nitrogen and oxygen atoms in total. The summed E-state index contributed by atoms with van der Waals surface area (Å²) in [6.45, 7) is 4.03. The molecule has 1 heterocycles. The number of piperidine rings is 1. The Labute approximate surface area is 81.7 Å². The lowest BCUT2D eigenvalue weighted by molar-refractivity contribution is 0.142. The predicted molar refractivity (Wildman–Crippen MR) is 55.9 cm³/mol. The number of rotatable bonds is 3. The molecule has 0 radical (unpaired) electrons. The van der Waals surface area contributed by atoms with Gasteiger partial charge in [-0.3, -0.25) is 0 Å². The van der Waals surface area contributed by atoms with Gasteiger partial charge in [-0.05, 0) is 51.7 Å². The van der Waals surface area contributed by atoms with Crippen molar-refractivity contribution < 1.29 is 0 Å². The topological polar surface area (TPSA) is 15.3 Å². The molecule has 1 saturated carbocycles. The van der Waals surface area contributed by atoms with Crippen molar-refractivity contribution in [3.63, 3.8) is 0 Å². The molecule has 1 aliphatic heterocycles. The van der Waals surface area contributed by atoms with Crippen molar-refractivity contribution >= 4 is 0 Å². The zero-order chi connectivity index (χ0) is 9.10. The second-order valence-electron chi connectivity index (χ2n) is 4.66. The minimum atomic E-state index is 0.789. The molecule has 0 aromatic rings. The minimum absolute atomic E-state index is 0.789. The summed E-state index contributed by atoms with van der Waals surface area (Å²) in [7, 11) is 2.09. The van der Waals surface area contributed by atoms with Crippen molar-refractivity contribution in [1.82, 2.24) is 10.2 Å². The molecule has 0 atom stereocenters. The standard InChI is InChI=1S/C11H22N2/c1-12-11-5-7-13(8-6-11)9-10-3-2-4-10/h10-12H,2-9H2,1H3. The molecule has 1 saturated heterocycles. The third-order valence-corrected chi connectivity index (χ3v) is 3.74. The van der Waals surface area contributed by atoms with E-state index in [1.54, 1.807) is 0 Å². The smallest absolute Gasteiger partial charge is 0.00884 e. The third-order valence-electron chi connectivity index (χ3n) is 3.74. The van der Waals surface area contributed by atoms with E-state index >= 15 is 0 Å². The molecule has 2 heteroatoms. The molecular weight excluding hydrogens is 160 g/mol. The maximum absolute atomic E-state index is 3.38. The van der Waals surface area contributed by atoms with Gasteiger partial charge in [-0.15, -0.1) is 0 Å². The lowest BCUT2D eigenvalue weighted by Gasteiger charge is -2.36. The summed E-state index contributed by atoms with van der Waals surface area (Å²) in [4.78, 5) is 2.66. The Morgan fingerprint density at radius 3 is 2.31 bits per heavy atom. The van der Waals surface area contributed by atoms with Gasteiger partial charge in [0.25, 0.3) is 0 Å². The lowest BCUT2D eigenvalue weighted by atomic mass is 9.84. The minimum Gasteiger partial charge on any atom is -0.317 e. The molecule has 0 bridgehead atoms. The number of nitrogens with one attached hydrogen (secondary N) is 1. The molecular formula is C11H22N2. The van der Waals surface area contributed by atoms with E-state index in [0.717, 1.165) is 12.0 Å². The molecule has 0 aromatic carbocycles. The SMILES string of the molecule is CNC1CCN(CC2CCC2)CC1. The van der Waals surface area contributed by atoms with Crippen molar-refractivity contribution in [1.29, 1.82) is 0 Å². The monoisotopic (exact) mass is 182 g/mol. The molecule has 1 N–H and O–H groups in total. The van der Waals surface area contributed by atoms with Crippen LogP contribution in [0.1, 0.15) is 32.1 Å². The highest BCUT2D eigenvalue weighted by Crippen LogP contribution is 2.27. The Morgan fingerprint density at radius 2 is 1.85 bits per heavy atom. The highest BCUT2D eigenvalue weighted by molar-refractivity contribution is 4.79. The maximum atomic E-state index is 3.38. The van der Waals surface area contributed by atoms with E-state index in [-0.39, 0.29) is 0 Å². The lowest BCUT2D eigenvalue weighted by Crippen LogP contribution is -2.43. The first-order chi connectivity index (χ1) is 6.38. The van der Waals surface area contributed by atoms with Gasteiger partial charge in [-0.2, -0.15) is 0 Å². The second-order valence-corrected chi connectivity index (χ2v) is 4.66. The van der Waals surface area contributed by atoms with Crippen molar-refractivity contribution in [2.75, 3.05) is 26.7 Å². The summed E-state index contributed by atoms with van der Waals surface area (Å²) in [5.41, 5.74) is 0. The van der Waals surface area contributed by atoms with E-state index < -0.39 is 0 Å². The molecule has 0 unspecified atom stereocenters. The van der Waals surface area contributed by atoms with Crippen molar-refractivity contribution in [3.8, 4) is 0 Å². The molecule has 2 fully saturated rings. The van der Waals surface area contributed by atoms with Crippen LogP contribution in [0.4, 0.5) is 0 Å². The normalized spacial score (nSPS) is 27.5. The van der Waals surface area contributed by atoms with Gasteiger partial charge in [-0.1, -0.05) is 6.42 Å². The Morgan fingerprint density at radius 1 is 1.15 bits per heavy atom. The number of hydrogen-bond acceptors (Lipinski definition) is 2. The molecule has 1 aliphatic carbocycles. The molecule has 2 aliphatic rings. The number of hydrogen-bond donors (Lipinski definition) is 1. The van der Waals surface area contributed by atoms with Crippen LogP contribution in [-0.4, -0.2) is 37.6 Å². The van der Waals surface area contributed by atoms with Crippen LogP contribution in [0.3, 0.4) is 0 Å². The van der Waals surface area contributed by atoms with E-state index in [1.807, 2.05) is 0 Å². The highest BCUT2D eigenvalue weighted by atomic mass is 15.1. The third kappa shape index (κ3) is 2.44. The second kappa shape index (κ2) is 4.43. The van der Waals surface area contributed by atoms with Gasteiger partial charge in [0.1, 0.15) is 0 Å². The molecule has 2 rings (SSSR count). The fraction of sp³-hybridized carbons (Fsp3) is 1.00.